The number of hydrogen-bond acceptors (Lipinski definition) is 1. The van der Waals surface area contributed by atoms with Crippen LogP contribution in [0.5, 0.6) is 5.75 Å². The maximum Gasteiger partial charge on any atom is 0.573 e. The fourth-order valence-corrected chi connectivity index (χ4v) is 3.45. The number of fused-ring (bicyclic) bond motifs is 1. The first-order valence-corrected chi connectivity index (χ1v) is 9.94. The summed E-state index contributed by atoms with van der Waals surface area (Å²) in [6.07, 6.45) is 2.34. The Bertz CT molecular complexity index is 945. The van der Waals surface area contributed by atoms with Gasteiger partial charge in [-0.05, 0) is 47.1 Å². The van der Waals surface area contributed by atoms with Gasteiger partial charge in [-0.15, -0.1) is 13.2 Å². The van der Waals surface area contributed by atoms with Crippen LogP contribution in [0, 0.1) is 5.82 Å². The summed E-state index contributed by atoms with van der Waals surface area (Å²) in [6.45, 7) is 2.20. The highest BCUT2D eigenvalue weighted by atomic mass is 19.4. The van der Waals surface area contributed by atoms with Crippen molar-refractivity contribution in [2.45, 2.75) is 51.8 Å². The number of alkyl halides is 3. The monoisotopic (exact) mass is 404 g/mol. The third kappa shape index (κ3) is 5.72. The molecule has 5 heteroatoms. The second-order valence-electron chi connectivity index (χ2n) is 7.22. The van der Waals surface area contributed by atoms with E-state index in [0.29, 0.717) is 5.39 Å². The van der Waals surface area contributed by atoms with Gasteiger partial charge in [0.1, 0.15) is 0 Å². The third-order valence-electron chi connectivity index (χ3n) is 5.00. The molecule has 3 aromatic carbocycles. The molecule has 0 aliphatic heterocycles. The van der Waals surface area contributed by atoms with Crippen LogP contribution in [0.25, 0.3) is 21.9 Å². The molecule has 0 saturated carbocycles. The van der Waals surface area contributed by atoms with Crippen molar-refractivity contribution in [2.24, 2.45) is 0 Å². The number of ether oxygens (including phenoxy) is 1. The summed E-state index contributed by atoms with van der Waals surface area (Å²) in [5, 5.41) is 0.619. The summed E-state index contributed by atoms with van der Waals surface area (Å²) < 4.78 is 55.3. The zero-order valence-electron chi connectivity index (χ0n) is 16.4. The predicted molar refractivity (Wildman–Crippen MR) is 108 cm³/mol. The van der Waals surface area contributed by atoms with E-state index in [1.807, 2.05) is 12.1 Å². The Labute approximate surface area is 168 Å². The van der Waals surface area contributed by atoms with E-state index in [0.717, 1.165) is 23.6 Å². The molecule has 3 aromatic rings. The van der Waals surface area contributed by atoms with Gasteiger partial charge in [-0.25, -0.2) is 4.39 Å². The number of unbranched alkanes of at least 4 members (excludes halogenated alkanes) is 4. The van der Waals surface area contributed by atoms with Crippen molar-refractivity contribution in [3.8, 4) is 16.9 Å². The van der Waals surface area contributed by atoms with E-state index in [-0.39, 0.29) is 5.39 Å². The van der Waals surface area contributed by atoms with E-state index in [2.05, 4.69) is 23.8 Å². The van der Waals surface area contributed by atoms with Crippen LogP contribution in [0.2, 0.25) is 0 Å². The maximum absolute atomic E-state index is 14.4. The summed E-state index contributed by atoms with van der Waals surface area (Å²) in [5.74, 6) is -1.83. The molecule has 0 spiro atoms. The average Bonchev–Trinajstić information content (AvgIpc) is 2.69. The lowest BCUT2D eigenvalue weighted by atomic mass is 9.98. The van der Waals surface area contributed by atoms with Gasteiger partial charge < -0.3 is 4.74 Å². The second kappa shape index (κ2) is 9.29. The first kappa shape index (κ1) is 21.2. The summed E-state index contributed by atoms with van der Waals surface area (Å²) >= 11 is 0. The van der Waals surface area contributed by atoms with E-state index in [9.17, 15) is 17.6 Å². The van der Waals surface area contributed by atoms with E-state index in [1.165, 1.54) is 49.8 Å². The molecule has 0 heterocycles. The summed E-state index contributed by atoms with van der Waals surface area (Å²) in [4.78, 5) is 0. The van der Waals surface area contributed by atoms with Crippen LogP contribution < -0.4 is 4.74 Å². The van der Waals surface area contributed by atoms with E-state index < -0.39 is 17.9 Å². The summed E-state index contributed by atoms with van der Waals surface area (Å²) in [6, 6.07) is 15.7. The molecule has 29 heavy (non-hydrogen) atoms. The van der Waals surface area contributed by atoms with Gasteiger partial charge in [0.2, 0.25) is 0 Å². The lowest BCUT2D eigenvalue weighted by molar-refractivity contribution is -0.275. The Morgan fingerprint density at radius 3 is 2.17 bits per heavy atom. The van der Waals surface area contributed by atoms with Crippen molar-refractivity contribution in [1.29, 1.82) is 0 Å². The first-order chi connectivity index (χ1) is 13.9. The standard InChI is InChI=1S/C24H24F4O/c1-2-3-4-5-6-7-17-8-10-18(11-9-17)19-12-14-21-20(16-19)13-15-22(23(21)25)29-24(26,27)28/h8-16H,2-7H2,1H3. The van der Waals surface area contributed by atoms with E-state index in [4.69, 9.17) is 0 Å². The minimum Gasteiger partial charge on any atom is -0.403 e. The molecule has 0 amide bonds. The van der Waals surface area contributed by atoms with E-state index in [1.54, 1.807) is 12.1 Å². The molecule has 0 aliphatic rings. The SMILES string of the molecule is CCCCCCCc1ccc(-c2ccc3c(F)c(OC(F)(F)F)ccc3c2)cc1. The quantitative estimate of drug-likeness (QED) is 0.272. The number of hydrogen-bond donors (Lipinski definition) is 0. The van der Waals surface area contributed by atoms with Gasteiger partial charge in [0, 0.05) is 5.39 Å². The minimum atomic E-state index is -4.92. The van der Waals surface area contributed by atoms with Crippen molar-refractivity contribution in [1.82, 2.24) is 0 Å². The van der Waals surface area contributed by atoms with Crippen LogP contribution in [-0.2, 0) is 6.42 Å². The van der Waals surface area contributed by atoms with Crippen LogP contribution in [0.15, 0.2) is 54.6 Å². The zero-order chi connectivity index (χ0) is 20.9. The first-order valence-electron chi connectivity index (χ1n) is 9.94. The molecular formula is C24H24F4O. The smallest absolute Gasteiger partial charge is 0.403 e. The van der Waals surface area contributed by atoms with Gasteiger partial charge in [-0.3, -0.25) is 0 Å². The van der Waals surface area contributed by atoms with Crippen LogP contribution in [-0.4, -0.2) is 6.36 Å². The van der Waals surface area contributed by atoms with E-state index >= 15 is 0 Å². The molecule has 0 aliphatic carbocycles. The van der Waals surface area contributed by atoms with Crippen molar-refractivity contribution < 1.29 is 22.3 Å². The molecule has 0 N–H and O–H groups in total. The third-order valence-corrected chi connectivity index (χ3v) is 5.00. The molecule has 3 rings (SSSR count). The summed E-state index contributed by atoms with van der Waals surface area (Å²) in [7, 11) is 0. The molecule has 0 aromatic heterocycles. The molecule has 0 atom stereocenters. The molecule has 154 valence electrons. The molecule has 1 nitrogen and oxygen atoms in total. The fraction of sp³-hybridized carbons (Fsp3) is 0.333. The van der Waals surface area contributed by atoms with Crippen molar-refractivity contribution >= 4 is 10.8 Å². The van der Waals surface area contributed by atoms with Gasteiger partial charge >= 0.3 is 6.36 Å². The van der Waals surface area contributed by atoms with Crippen molar-refractivity contribution in [3.05, 3.63) is 66.0 Å². The highest BCUT2D eigenvalue weighted by Crippen LogP contribution is 2.33. The number of aryl methyl sites for hydroxylation is 1. The molecule has 0 radical (unpaired) electrons. The zero-order valence-corrected chi connectivity index (χ0v) is 16.4. The predicted octanol–water partition coefficient (Wildman–Crippen LogP) is 8.06. The van der Waals surface area contributed by atoms with Gasteiger partial charge in [0.05, 0.1) is 0 Å². The Morgan fingerprint density at radius 2 is 1.48 bits per heavy atom. The molecule has 0 saturated heterocycles. The lowest BCUT2D eigenvalue weighted by Gasteiger charge is -2.12. The average molecular weight is 404 g/mol. The highest BCUT2D eigenvalue weighted by molar-refractivity contribution is 5.89. The molecule has 0 unspecified atom stereocenters. The number of benzene rings is 3. The van der Waals surface area contributed by atoms with Crippen LogP contribution in [0.3, 0.4) is 0 Å². The van der Waals surface area contributed by atoms with Gasteiger partial charge in [-0.1, -0.05) is 75.1 Å². The number of halogens is 4. The Morgan fingerprint density at radius 1 is 0.793 bits per heavy atom. The van der Waals surface area contributed by atoms with Gasteiger partial charge in [-0.2, -0.15) is 0 Å². The Kier molecular flexibility index (Phi) is 6.78. The topological polar surface area (TPSA) is 9.23 Å². The maximum atomic E-state index is 14.4. The molecular weight excluding hydrogens is 380 g/mol. The highest BCUT2D eigenvalue weighted by Gasteiger charge is 2.32. The minimum absolute atomic E-state index is 0.0965. The van der Waals surface area contributed by atoms with Gasteiger partial charge in [0.15, 0.2) is 11.6 Å². The number of rotatable bonds is 8. The summed E-state index contributed by atoms with van der Waals surface area (Å²) in [5.41, 5.74) is 3.15. The van der Waals surface area contributed by atoms with Crippen LogP contribution in [0.1, 0.15) is 44.6 Å². The molecule has 0 bridgehead atoms. The van der Waals surface area contributed by atoms with Crippen molar-refractivity contribution in [2.75, 3.05) is 0 Å². The van der Waals surface area contributed by atoms with Gasteiger partial charge in [0.25, 0.3) is 0 Å². The second-order valence-corrected chi connectivity index (χ2v) is 7.22. The lowest BCUT2D eigenvalue weighted by Crippen LogP contribution is -2.17. The normalized spacial score (nSPS) is 11.8. The van der Waals surface area contributed by atoms with Crippen LogP contribution >= 0.6 is 0 Å². The largest absolute Gasteiger partial charge is 0.573 e. The van der Waals surface area contributed by atoms with Crippen molar-refractivity contribution in [3.63, 3.8) is 0 Å². The fourth-order valence-electron chi connectivity index (χ4n) is 3.45. The van der Waals surface area contributed by atoms with Crippen LogP contribution in [0.4, 0.5) is 17.6 Å². The molecule has 0 fully saturated rings. The Hall–Kier alpha value is -2.56. The Balaban J connectivity index is 1.74.